The minimum atomic E-state index is -0.777. The van der Waals surface area contributed by atoms with Gasteiger partial charge >= 0.3 is 0 Å². The minimum Gasteiger partial charge on any atom is -0.485 e. The van der Waals surface area contributed by atoms with Crippen LogP contribution in [0.25, 0.3) is 0 Å². The first-order chi connectivity index (χ1) is 9.97. The number of benzene rings is 1. The summed E-state index contributed by atoms with van der Waals surface area (Å²) in [6.45, 7) is 3.40. The Hall–Kier alpha value is -0.720. The third-order valence-electron chi connectivity index (χ3n) is 3.77. The normalized spacial score (nSPS) is 21.3. The van der Waals surface area contributed by atoms with E-state index in [1.165, 1.54) is 6.42 Å². The molecule has 0 saturated carbocycles. The van der Waals surface area contributed by atoms with Crippen molar-refractivity contribution < 1.29 is 18.6 Å². The second-order valence-corrected chi connectivity index (χ2v) is 6.42. The molecule has 0 amide bonds. The predicted molar refractivity (Wildman–Crippen MR) is 80.4 cm³/mol. The van der Waals surface area contributed by atoms with E-state index >= 15 is 0 Å². The van der Waals surface area contributed by atoms with E-state index < -0.39 is 23.5 Å². The largest absolute Gasteiger partial charge is 0.485 e. The van der Waals surface area contributed by atoms with Crippen molar-refractivity contribution in [2.75, 3.05) is 19.7 Å². The molecule has 2 rings (SSSR count). The molecule has 118 valence electrons. The molecule has 3 nitrogen and oxygen atoms in total. The summed E-state index contributed by atoms with van der Waals surface area (Å²) in [5, 5.41) is 10.00. The second kappa shape index (κ2) is 7.51. The van der Waals surface area contributed by atoms with E-state index in [0.717, 1.165) is 31.5 Å². The highest BCUT2D eigenvalue weighted by Crippen LogP contribution is 2.26. The van der Waals surface area contributed by atoms with Crippen molar-refractivity contribution in [3.63, 3.8) is 0 Å². The average Bonchev–Trinajstić information content (AvgIpc) is 2.40. The molecule has 1 aromatic carbocycles. The van der Waals surface area contributed by atoms with E-state index in [9.17, 15) is 13.9 Å². The first-order valence-corrected chi connectivity index (χ1v) is 7.96. The number of piperidine rings is 1. The van der Waals surface area contributed by atoms with E-state index in [2.05, 4.69) is 27.8 Å². The highest BCUT2D eigenvalue weighted by Gasteiger charge is 2.21. The summed E-state index contributed by atoms with van der Waals surface area (Å²) < 4.78 is 32.6. The zero-order valence-corrected chi connectivity index (χ0v) is 13.6. The van der Waals surface area contributed by atoms with Gasteiger partial charge in [0.25, 0.3) is 0 Å². The van der Waals surface area contributed by atoms with E-state index in [0.29, 0.717) is 17.1 Å². The fraction of sp³-hybridized carbons (Fsp3) is 0.600. The van der Waals surface area contributed by atoms with Crippen molar-refractivity contribution in [1.82, 2.24) is 4.90 Å². The number of β-amino-alcohol motifs (C(OH)–C–C–N with tert-alkyl or cyclic N) is 1. The van der Waals surface area contributed by atoms with Crippen LogP contribution in [0.2, 0.25) is 0 Å². The van der Waals surface area contributed by atoms with E-state index in [1.54, 1.807) is 0 Å². The molecule has 1 saturated heterocycles. The third-order valence-corrected chi connectivity index (χ3v) is 4.23. The molecule has 0 aliphatic carbocycles. The van der Waals surface area contributed by atoms with Gasteiger partial charge in [-0.05, 0) is 38.4 Å². The quantitative estimate of drug-likeness (QED) is 0.870. The van der Waals surface area contributed by atoms with Crippen molar-refractivity contribution in [2.24, 2.45) is 0 Å². The molecule has 0 spiro atoms. The molecule has 1 aliphatic rings. The molecular weight excluding hydrogens is 344 g/mol. The van der Waals surface area contributed by atoms with Gasteiger partial charge in [0.1, 0.15) is 12.7 Å². The lowest BCUT2D eigenvalue weighted by molar-refractivity contribution is 0.0418. The average molecular weight is 364 g/mol. The van der Waals surface area contributed by atoms with Crippen molar-refractivity contribution in [3.8, 4) is 5.75 Å². The zero-order valence-electron chi connectivity index (χ0n) is 12.0. The molecule has 0 radical (unpaired) electrons. The second-order valence-electron chi connectivity index (χ2n) is 5.50. The summed E-state index contributed by atoms with van der Waals surface area (Å²) in [4.78, 5) is 2.19. The van der Waals surface area contributed by atoms with Gasteiger partial charge in [0.2, 0.25) is 0 Å². The van der Waals surface area contributed by atoms with Crippen LogP contribution in [0.15, 0.2) is 16.6 Å². The standard InChI is InChI=1S/C15H20BrF2NO2/c1-10-4-2-3-5-19(10)8-12(20)9-21-15-13(17)6-11(16)7-14(15)18/h6-7,10,12,20H,2-5,8-9H2,1H3/t10-,12-/m0/s1. The van der Waals surface area contributed by atoms with Gasteiger partial charge in [0.15, 0.2) is 17.4 Å². The summed E-state index contributed by atoms with van der Waals surface area (Å²) in [7, 11) is 0. The molecule has 1 N–H and O–H groups in total. The monoisotopic (exact) mass is 363 g/mol. The molecule has 6 heteroatoms. The summed E-state index contributed by atoms with van der Waals surface area (Å²) >= 11 is 3.01. The third kappa shape index (κ3) is 4.63. The number of ether oxygens (including phenoxy) is 1. The zero-order chi connectivity index (χ0) is 15.4. The van der Waals surface area contributed by atoms with Crippen LogP contribution in [0.5, 0.6) is 5.75 Å². The van der Waals surface area contributed by atoms with Gasteiger partial charge in [-0.2, -0.15) is 0 Å². The first kappa shape index (κ1) is 16.6. The van der Waals surface area contributed by atoms with Gasteiger partial charge in [-0.15, -0.1) is 0 Å². The molecule has 0 aromatic heterocycles. The van der Waals surface area contributed by atoms with E-state index in [-0.39, 0.29) is 6.61 Å². The Morgan fingerprint density at radius 2 is 2.05 bits per heavy atom. The summed E-state index contributed by atoms with van der Waals surface area (Å²) in [6.07, 6.45) is 2.67. The van der Waals surface area contributed by atoms with Crippen LogP contribution in [0, 0.1) is 11.6 Å². The van der Waals surface area contributed by atoms with Gasteiger partial charge in [-0.3, -0.25) is 4.90 Å². The molecule has 1 fully saturated rings. The van der Waals surface area contributed by atoms with Gasteiger partial charge in [0, 0.05) is 17.1 Å². The SMILES string of the molecule is C[C@H]1CCCCN1C[C@H](O)COc1c(F)cc(Br)cc1F. The lowest BCUT2D eigenvalue weighted by Gasteiger charge is -2.34. The van der Waals surface area contributed by atoms with Crippen molar-refractivity contribution in [2.45, 2.75) is 38.3 Å². The number of hydrogen-bond donors (Lipinski definition) is 1. The number of aliphatic hydroxyl groups is 1. The lowest BCUT2D eigenvalue weighted by Crippen LogP contribution is -2.43. The Labute approximate surface area is 132 Å². The van der Waals surface area contributed by atoms with Gasteiger partial charge in [-0.25, -0.2) is 8.78 Å². The van der Waals surface area contributed by atoms with Crippen LogP contribution < -0.4 is 4.74 Å². The number of hydrogen-bond acceptors (Lipinski definition) is 3. The molecule has 1 aromatic rings. The minimum absolute atomic E-state index is 0.126. The number of halogens is 3. The van der Waals surface area contributed by atoms with Crippen LogP contribution in [-0.4, -0.2) is 41.8 Å². The topological polar surface area (TPSA) is 32.7 Å². The maximum absolute atomic E-state index is 13.6. The van der Waals surface area contributed by atoms with Crippen molar-refractivity contribution in [1.29, 1.82) is 0 Å². The van der Waals surface area contributed by atoms with Crippen LogP contribution in [0.1, 0.15) is 26.2 Å². The number of rotatable bonds is 5. The van der Waals surface area contributed by atoms with Crippen molar-refractivity contribution >= 4 is 15.9 Å². The van der Waals surface area contributed by atoms with Gasteiger partial charge in [0.05, 0.1) is 0 Å². The fourth-order valence-electron chi connectivity index (χ4n) is 2.60. The number of nitrogens with zero attached hydrogens (tertiary/aromatic N) is 1. The molecule has 0 unspecified atom stereocenters. The molecule has 1 aliphatic heterocycles. The van der Waals surface area contributed by atoms with E-state index in [1.807, 2.05) is 0 Å². The smallest absolute Gasteiger partial charge is 0.190 e. The van der Waals surface area contributed by atoms with Crippen LogP contribution in [0.4, 0.5) is 8.78 Å². The molecule has 21 heavy (non-hydrogen) atoms. The molecular formula is C15H20BrF2NO2. The molecule has 1 heterocycles. The fourth-order valence-corrected chi connectivity index (χ4v) is 3.00. The number of aliphatic hydroxyl groups excluding tert-OH is 1. The highest BCUT2D eigenvalue weighted by molar-refractivity contribution is 9.10. The van der Waals surface area contributed by atoms with Crippen LogP contribution in [0.3, 0.4) is 0 Å². The maximum atomic E-state index is 13.6. The number of likely N-dealkylation sites (tertiary alicyclic amines) is 1. The Morgan fingerprint density at radius 3 is 2.67 bits per heavy atom. The van der Waals surface area contributed by atoms with Gasteiger partial charge in [-0.1, -0.05) is 22.4 Å². The van der Waals surface area contributed by atoms with Crippen LogP contribution >= 0.6 is 15.9 Å². The maximum Gasteiger partial charge on any atom is 0.190 e. The van der Waals surface area contributed by atoms with E-state index in [4.69, 9.17) is 4.74 Å². The Kier molecular flexibility index (Phi) is 5.96. The lowest BCUT2D eigenvalue weighted by atomic mass is 10.0. The summed E-state index contributed by atoms with van der Waals surface area (Å²) in [6, 6.07) is 2.70. The highest BCUT2D eigenvalue weighted by atomic mass is 79.9. The van der Waals surface area contributed by atoms with Crippen molar-refractivity contribution in [3.05, 3.63) is 28.2 Å². The Bertz CT molecular complexity index is 464. The van der Waals surface area contributed by atoms with Gasteiger partial charge < -0.3 is 9.84 Å². The predicted octanol–water partition coefficient (Wildman–Crippen LogP) is 3.34. The first-order valence-electron chi connectivity index (χ1n) is 7.17. The summed E-state index contributed by atoms with van der Waals surface area (Å²) in [5.74, 6) is -2.00. The Morgan fingerprint density at radius 1 is 1.38 bits per heavy atom. The Balaban J connectivity index is 1.88. The summed E-state index contributed by atoms with van der Waals surface area (Å²) in [5.41, 5.74) is 0. The molecule has 2 atom stereocenters. The molecule has 0 bridgehead atoms. The van der Waals surface area contributed by atoms with Crippen LogP contribution in [-0.2, 0) is 0 Å².